The Bertz CT molecular complexity index is 507. The Morgan fingerprint density at radius 3 is 2.82 bits per heavy atom. The summed E-state index contributed by atoms with van der Waals surface area (Å²) in [5.41, 5.74) is 1.98. The number of hydrogen-bond donors (Lipinski definition) is 0. The average Bonchev–Trinajstić information content (AvgIpc) is 2.62. The molecule has 0 amide bonds. The normalized spacial score (nSPS) is 10.8. The zero-order chi connectivity index (χ0) is 12.3. The van der Waals surface area contributed by atoms with Crippen molar-refractivity contribution in [2.75, 3.05) is 0 Å². The molecule has 0 bridgehead atoms. The molecular weight excluding hydrogens is 236 g/mol. The van der Waals surface area contributed by atoms with Crippen molar-refractivity contribution in [3.63, 3.8) is 0 Å². The van der Waals surface area contributed by atoms with Crippen LogP contribution in [0.1, 0.15) is 30.6 Å². The summed E-state index contributed by atoms with van der Waals surface area (Å²) in [6.07, 6.45) is 1.90. The predicted octanol–water partition coefficient (Wildman–Crippen LogP) is 2.64. The van der Waals surface area contributed by atoms with Crippen LogP contribution in [0, 0.1) is 6.92 Å². The Kier molecular flexibility index (Phi) is 3.74. The van der Waals surface area contributed by atoms with Gasteiger partial charge in [0.25, 0.3) is 0 Å². The first-order valence-electron chi connectivity index (χ1n) is 5.71. The SMILES string of the molecule is CCCc1nnc(Cl)n1Cc1cccc(C)n1. The maximum absolute atomic E-state index is 6.03. The fraction of sp³-hybridized carbons (Fsp3) is 0.417. The summed E-state index contributed by atoms with van der Waals surface area (Å²) in [6.45, 7) is 4.71. The van der Waals surface area contributed by atoms with Gasteiger partial charge in [-0.2, -0.15) is 0 Å². The summed E-state index contributed by atoms with van der Waals surface area (Å²) in [5.74, 6) is 0.917. The minimum Gasteiger partial charge on any atom is -0.296 e. The van der Waals surface area contributed by atoms with Crippen LogP contribution in [0.3, 0.4) is 0 Å². The van der Waals surface area contributed by atoms with Gasteiger partial charge in [-0.3, -0.25) is 9.55 Å². The molecule has 2 aromatic rings. The predicted molar refractivity (Wildman–Crippen MR) is 67.1 cm³/mol. The number of nitrogens with zero attached hydrogens (tertiary/aromatic N) is 4. The van der Waals surface area contributed by atoms with E-state index < -0.39 is 0 Å². The molecule has 2 rings (SSSR count). The second-order valence-corrected chi connectivity index (χ2v) is 4.33. The maximum Gasteiger partial charge on any atom is 0.225 e. The van der Waals surface area contributed by atoms with Gasteiger partial charge >= 0.3 is 0 Å². The highest BCUT2D eigenvalue weighted by atomic mass is 35.5. The third-order valence-corrected chi connectivity index (χ3v) is 2.80. The zero-order valence-corrected chi connectivity index (χ0v) is 10.8. The zero-order valence-electron chi connectivity index (χ0n) is 10.0. The number of pyridine rings is 1. The van der Waals surface area contributed by atoms with Gasteiger partial charge in [0.2, 0.25) is 5.28 Å². The fourth-order valence-corrected chi connectivity index (χ4v) is 1.92. The molecule has 90 valence electrons. The molecule has 0 radical (unpaired) electrons. The Balaban J connectivity index is 2.26. The lowest BCUT2D eigenvalue weighted by Gasteiger charge is -2.07. The molecule has 0 aliphatic rings. The molecule has 0 spiro atoms. The van der Waals surface area contributed by atoms with Crippen LogP contribution in [0.15, 0.2) is 18.2 Å². The molecule has 0 saturated carbocycles. The van der Waals surface area contributed by atoms with E-state index in [4.69, 9.17) is 11.6 Å². The summed E-state index contributed by atoms with van der Waals surface area (Å²) in [7, 11) is 0. The van der Waals surface area contributed by atoms with E-state index in [1.165, 1.54) is 0 Å². The molecule has 0 N–H and O–H groups in total. The topological polar surface area (TPSA) is 43.6 Å². The van der Waals surface area contributed by atoms with Crippen LogP contribution in [0.4, 0.5) is 0 Å². The molecule has 2 heterocycles. The van der Waals surface area contributed by atoms with E-state index in [1.54, 1.807) is 0 Å². The summed E-state index contributed by atoms with van der Waals surface area (Å²) in [4.78, 5) is 4.46. The summed E-state index contributed by atoms with van der Waals surface area (Å²) >= 11 is 6.03. The molecule has 0 atom stereocenters. The lowest BCUT2D eigenvalue weighted by molar-refractivity contribution is 0.692. The van der Waals surface area contributed by atoms with Gasteiger partial charge in [-0.25, -0.2) is 0 Å². The lowest BCUT2D eigenvalue weighted by atomic mass is 10.3. The molecule has 17 heavy (non-hydrogen) atoms. The van der Waals surface area contributed by atoms with Crippen LogP contribution in [-0.2, 0) is 13.0 Å². The molecule has 0 aliphatic carbocycles. The standard InChI is InChI=1S/C12H15ClN4/c1-3-5-11-15-16-12(13)17(11)8-10-7-4-6-9(2)14-10/h4,6-7H,3,5,8H2,1-2H3. The highest BCUT2D eigenvalue weighted by Gasteiger charge is 2.10. The average molecular weight is 251 g/mol. The fourth-order valence-electron chi connectivity index (χ4n) is 1.73. The molecule has 0 saturated heterocycles. The highest BCUT2D eigenvalue weighted by molar-refractivity contribution is 6.28. The first kappa shape index (κ1) is 12.0. The van der Waals surface area contributed by atoms with E-state index in [-0.39, 0.29) is 0 Å². The van der Waals surface area contributed by atoms with Crippen molar-refractivity contribution in [2.45, 2.75) is 33.2 Å². The first-order chi connectivity index (χ1) is 8.20. The summed E-state index contributed by atoms with van der Waals surface area (Å²) in [6, 6.07) is 5.96. The van der Waals surface area contributed by atoms with Crippen LogP contribution in [0.2, 0.25) is 5.28 Å². The Labute approximate surface area is 106 Å². The smallest absolute Gasteiger partial charge is 0.225 e. The second kappa shape index (κ2) is 5.27. The van der Waals surface area contributed by atoms with Crippen LogP contribution < -0.4 is 0 Å². The number of rotatable bonds is 4. The van der Waals surface area contributed by atoms with E-state index in [0.29, 0.717) is 11.8 Å². The molecule has 0 fully saturated rings. The van der Waals surface area contributed by atoms with E-state index in [0.717, 1.165) is 30.1 Å². The minimum atomic E-state index is 0.428. The largest absolute Gasteiger partial charge is 0.296 e. The van der Waals surface area contributed by atoms with Crippen molar-refractivity contribution in [1.29, 1.82) is 0 Å². The van der Waals surface area contributed by atoms with Gasteiger partial charge in [0, 0.05) is 12.1 Å². The third-order valence-electron chi connectivity index (χ3n) is 2.52. The number of halogens is 1. The molecule has 4 nitrogen and oxygen atoms in total. The van der Waals surface area contributed by atoms with Crippen LogP contribution in [0.25, 0.3) is 0 Å². The van der Waals surface area contributed by atoms with Crippen molar-refractivity contribution in [2.24, 2.45) is 0 Å². The van der Waals surface area contributed by atoms with Crippen LogP contribution >= 0.6 is 11.6 Å². The second-order valence-electron chi connectivity index (χ2n) is 3.99. The van der Waals surface area contributed by atoms with Crippen molar-refractivity contribution < 1.29 is 0 Å². The van der Waals surface area contributed by atoms with Crippen molar-refractivity contribution in [1.82, 2.24) is 19.7 Å². The van der Waals surface area contributed by atoms with Gasteiger partial charge in [0.15, 0.2) is 0 Å². The first-order valence-corrected chi connectivity index (χ1v) is 6.08. The van der Waals surface area contributed by atoms with Crippen molar-refractivity contribution >= 4 is 11.6 Å². The minimum absolute atomic E-state index is 0.428. The number of aromatic nitrogens is 4. The lowest BCUT2D eigenvalue weighted by Crippen LogP contribution is -2.07. The van der Waals surface area contributed by atoms with Gasteiger partial charge in [0.05, 0.1) is 12.2 Å². The van der Waals surface area contributed by atoms with Crippen LogP contribution in [-0.4, -0.2) is 19.7 Å². The summed E-state index contributed by atoms with van der Waals surface area (Å²) in [5, 5.41) is 8.41. The van der Waals surface area contributed by atoms with E-state index in [9.17, 15) is 0 Å². The molecule has 5 heteroatoms. The van der Waals surface area contributed by atoms with Gasteiger partial charge in [-0.05, 0) is 37.1 Å². The molecular formula is C12H15ClN4. The third kappa shape index (κ3) is 2.82. The Morgan fingerprint density at radius 1 is 1.29 bits per heavy atom. The number of hydrogen-bond acceptors (Lipinski definition) is 3. The van der Waals surface area contributed by atoms with E-state index >= 15 is 0 Å². The Hall–Kier alpha value is -1.42. The van der Waals surface area contributed by atoms with E-state index in [2.05, 4.69) is 22.1 Å². The monoisotopic (exact) mass is 250 g/mol. The maximum atomic E-state index is 6.03. The van der Waals surface area contributed by atoms with Gasteiger partial charge in [-0.15, -0.1) is 10.2 Å². The molecule has 0 unspecified atom stereocenters. The molecule has 2 aromatic heterocycles. The molecule has 0 aliphatic heterocycles. The highest BCUT2D eigenvalue weighted by Crippen LogP contribution is 2.12. The van der Waals surface area contributed by atoms with Crippen molar-refractivity contribution in [3.05, 3.63) is 40.7 Å². The summed E-state index contributed by atoms with van der Waals surface area (Å²) < 4.78 is 1.91. The number of aryl methyl sites for hydroxylation is 2. The van der Waals surface area contributed by atoms with Crippen LogP contribution in [0.5, 0.6) is 0 Å². The quantitative estimate of drug-likeness (QED) is 0.838. The van der Waals surface area contributed by atoms with Gasteiger partial charge < -0.3 is 0 Å². The van der Waals surface area contributed by atoms with Crippen molar-refractivity contribution in [3.8, 4) is 0 Å². The van der Waals surface area contributed by atoms with Gasteiger partial charge in [-0.1, -0.05) is 13.0 Å². The molecule has 0 aromatic carbocycles. The Morgan fingerprint density at radius 2 is 2.12 bits per heavy atom. The van der Waals surface area contributed by atoms with Gasteiger partial charge in [0.1, 0.15) is 5.82 Å². The van der Waals surface area contributed by atoms with E-state index in [1.807, 2.05) is 29.7 Å².